The van der Waals surface area contributed by atoms with Gasteiger partial charge in [-0.05, 0) is 49.3 Å². The minimum Gasteiger partial charge on any atom is -0.376 e. The summed E-state index contributed by atoms with van der Waals surface area (Å²) in [5, 5.41) is 5.77. The van der Waals surface area contributed by atoms with E-state index in [9.17, 15) is 4.79 Å². The van der Waals surface area contributed by atoms with Crippen molar-refractivity contribution in [1.82, 2.24) is 5.32 Å². The molecule has 2 N–H and O–H groups in total. The molecule has 2 amide bonds. The van der Waals surface area contributed by atoms with Gasteiger partial charge in [0.2, 0.25) is 0 Å². The van der Waals surface area contributed by atoms with Crippen molar-refractivity contribution < 1.29 is 9.53 Å². The van der Waals surface area contributed by atoms with E-state index < -0.39 is 0 Å². The second kappa shape index (κ2) is 5.61. The summed E-state index contributed by atoms with van der Waals surface area (Å²) in [6.07, 6.45) is 4.82. The number of amides is 2. The lowest BCUT2D eigenvalue weighted by atomic mass is 10.2. The van der Waals surface area contributed by atoms with Crippen LogP contribution in [0.25, 0.3) is 0 Å². The van der Waals surface area contributed by atoms with E-state index in [1.165, 1.54) is 12.8 Å². The number of rotatable bonds is 6. The van der Waals surface area contributed by atoms with Gasteiger partial charge in [-0.3, -0.25) is 0 Å². The van der Waals surface area contributed by atoms with E-state index in [4.69, 9.17) is 4.74 Å². The van der Waals surface area contributed by atoms with Gasteiger partial charge in [0.1, 0.15) is 0 Å². The Hall–Kier alpha value is -1.55. The molecule has 1 aromatic carbocycles. The first-order valence-corrected chi connectivity index (χ1v) is 7.04. The minimum absolute atomic E-state index is 0.112. The molecule has 2 saturated carbocycles. The quantitative estimate of drug-likeness (QED) is 0.826. The standard InChI is InChI=1S/C15H20N2O2/c18-15(16-13-6-7-13)17-14-3-1-2-12(8-14)10-19-9-11-4-5-11/h1-3,8,11,13H,4-7,9-10H2,(H2,16,17,18). The van der Waals surface area contributed by atoms with Crippen molar-refractivity contribution in [2.24, 2.45) is 5.92 Å². The molecule has 0 saturated heterocycles. The molecule has 1 aromatic rings. The Morgan fingerprint density at radius 3 is 2.84 bits per heavy atom. The second-order valence-electron chi connectivity index (χ2n) is 5.53. The highest BCUT2D eigenvalue weighted by atomic mass is 16.5. The Bertz CT molecular complexity index is 453. The van der Waals surface area contributed by atoms with E-state index in [0.717, 1.165) is 36.6 Å². The molecule has 102 valence electrons. The van der Waals surface area contributed by atoms with Crippen molar-refractivity contribution in [1.29, 1.82) is 0 Å². The largest absolute Gasteiger partial charge is 0.376 e. The zero-order valence-electron chi connectivity index (χ0n) is 11.0. The highest BCUT2D eigenvalue weighted by Gasteiger charge is 2.23. The number of carbonyl (C=O) groups is 1. The molecule has 4 heteroatoms. The molecule has 2 aliphatic carbocycles. The van der Waals surface area contributed by atoms with Crippen LogP contribution in [0.1, 0.15) is 31.2 Å². The Kier molecular flexibility index (Phi) is 3.69. The summed E-state index contributed by atoms with van der Waals surface area (Å²) in [4.78, 5) is 11.6. The lowest BCUT2D eigenvalue weighted by Gasteiger charge is -2.08. The van der Waals surface area contributed by atoms with Crippen LogP contribution in [0, 0.1) is 5.92 Å². The molecular weight excluding hydrogens is 240 g/mol. The SMILES string of the molecule is O=C(Nc1cccc(COCC2CC2)c1)NC1CC1. The number of ether oxygens (including phenoxy) is 1. The number of hydrogen-bond donors (Lipinski definition) is 2. The van der Waals surface area contributed by atoms with E-state index in [2.05, 4.69) is 10.6 Å². The maximum atomic E-state index is 11.6. The number of nitrogens with one attached hydrogen (secondary N) is 2. The van der Waals surface area contributed by atoms with Crippen LogP contribution in [0.15, 0.2) is 24.3 Å². The van der Waals surface area contributed by atoms with Crippen LogP contribution in [0.3, 0.4) is 0 Å². The Morgan fingerprint density at radius 2 is 2.11 bits per heavy atom. The fraction of sp³-hybridized carbons (Fsp3) is 0.533. The molecule has 0 aromatic heterocycles. The van der Waals surface area contributed by atoms with Crippen LogP contribution in [0.4, 0.5) is 10.5 Å². The molecule has 0 aliphatic heterocycles. The monoisotopic (exact) mass is 260 g/mol. The fourth-order valence-electron chi connectivity index (χ4n) is 1.95. The van der Waals surface area contributed by atoms with Crippen molar-refractivity contribution in [2.45, 2.75) is 38.3 Å². The van der Waals surface area contributed by atoms with Gasteiger partial charge < -0.3 is 15.4 Å². The van der Waals surface area contributed by atoms with Crippen molar-refractivity contribution >= 4 is 11.7 Å². The number of urea groups is 1. The average Bonchev–Trinajstić information content (AvgIpc) is 3.24. The summed E-state index contributed by atoms with van der Waals surface area (Å²) in [5.41, 5.74) is 1.93. The molecular formula is C15H20N2O2. The third-order valence-corrected chi connectivity index (χ3v) is 3.42. The smallest absolute Gasteiger partial charge is 0.319 e. The van der Waals surface area contributed by atoms with E-state index in [1.54, 1.807) is 0 Å². The summed E-state index contributed by atoms with van der Waals surface area (Å²) in [6, 6.07) is 8.11. The zero-order valence-corrected chi connectivity index (χ0v) is 11.0. The summed E-state index contributed by atoms with van der Waals surface area (Å²) < 4.78 is 5.65. The van der Waals surface area contributed by atoms with Crippen molar-refractivity contribution in [3.05, 3.63) is 29.8 Å². The predicted octanol–water partition coefficient (Wildman–Crippen LogP) is 2.90. The van der Waals surface area contributed by atoms with Gasteiger partial charge in [-0.1, -0.05) is 12.1 Å². The number of benzene rings is 1. The van der Waals surface area contributed by atoms with E-state index in [-0.39, 0.29) is 6.03 Å². The predicted molar refractivity (Wildman–Crippen MR) is 74.0 cm³/mol. The lowest BCUT2D eigenvalue weighted by molar-refractivity contribution is 0.111. The van der Waals surface area contributed by atoms with Gasteiger partial charge in [0.05, 0.1) is 6.61 Å². The van der Waals surface area contributed by atoms with E-state index >= 15 is 0 Å². The normalized spacial score (nSPS) is 18.1. The summed E-state index contributed by atoms with van der Waals surface area (Å²) in [7, 11) is 0. The van der Waals surface area contributed by atoms with Gasteiger partial charge in [0.25, 0.3) is 0 Å². The first-order valence-electron chi connectivity index (χ1n) is 7.04. The topological polar surface area (TPSA) is 50.4 Å². The second-order valence-corrected chi connectivity index (χ2v) is 5.53. The molecule has 2 aliphatic rings. The van der Waals surface area contributed by atoms with Crippen LogP contribution in [-0.4, -0.2) is 18.7 Å². The minimum atomic E-state index is -0.112. The van der Waals surface area contributed by atoms with Crippen LogP contribution in [0.5, 0.6) is 0 Å². The zero-order chi connectivity index (χ0) is 13.1. The average molecular weight is 260 g/mol. The highest BCUT2D eigenvalue weighted by molar-refractivity contribution is 5.89. The molecule has 19 heavy (non-hydrogen) atoms. The Labute approximate surface area is 113 Å². The first kappa shape index (κ1) is 12.5. The molecule has 4 nitrogen and oxygen atoms in total. The summed E-state index contributed by atoms with van der Waals surface area (Å²) in [5.74, 6) is 0.783. The molecule has 0 atom stereocenters. The molecule has 0 heterocycles. The molecule has 0 bridgehead atoms. The van der Waals surface area contributed by atoms with Gasteiger partial charge in [-0.2, -0.15) is 0 Å². The Balaban J connectivity index is 1.47. The van der Waals surface area contributed by atoms with Gasteiger partial charge in [-0.15, -0.1) is 0 Å². The third kappa shape index (κ3) is 4.24. The molecule has 0 spiro atoms. The molecule has 0 unspecified atom stereocenters. The van der Waals surface area contributed by atoms with Gasteiger partial charge in [0.15, 0.2) is 0 Å². The number of anilines is 1. The van der Waals surface area contributed by atoms with Crippen molar-refractivity contribution in [2.75, 3.05) is 11.9 Å². The number of carbonyl (C=O) groups excluding carboxylic acids is 1. The number of hydrogen-bond acceptors (Lipinski definition) is 2. The summed E-state index contributed by atoms with van der Waals surface area (Å²) >= 11 is 0. The maximum absolute atomic E-state index is 11.6. The van der Waals surface area contributed by atoms with Gasteiger partial charge >= 0.3 is 6.03 Å². The molecule has 3 rings (SSSR count). The Morgan fingerprint density at radius 1 is 1.26 bits per heavy atom. The first-order chi connectivity index (χ1) is 9.29. The fourth-order valence-corrected chi connectivity index (χ4v) is 1.95. The van der Waals surface area contributed by atoms with Gasteiger partial charge in [-0.25, -0.2) is 4.79 Å². The van der Waals surface area contributed by atoms with Crippen LogP contribution in [-0.2, 0) is 11.3 Å². The molecule has 2 fully saturated rings. The summed E-state index contributed by atoms with van der Waals surface area (Å²) in [6.45, 7) is 1.48. The van der Waals surface area contributed by atoms with Crippen LogP contribution < -0.4 is 10.6 Å². The van der Waals surface area contributed by atoms with Crippen LogP contribution in [0.2, 0.25) is 0 Å². The lowest BCUT2D eigenvalue weighted by Crippen LogP contribution is -2.30. The highest BCUT2D eigenvalue weighted by Crippen LogP contribution is 2.29. The van der Waals surface area contributed by atoms with Crippen molar-refractivity contribution in [3.63, 3.8) is 0 Å². The van der Waals surface area contributed by atoms with Crippen molar-refractivity contribution in [3.8, 4) is 0 Å². The maximum Gasteiger partial charge on any atom is 0.319 e. The van der Waals surface area contributed by atoms with Crippen LogP contribution >= 0.6 is 0 Å². The molecule has 0 radical (unpaired) electrons. The van der Waals surface area contributed by atoms with Gasteiger partial charge in [0, 0.05) is 18.3 Å². The third-order valence-electron chi connectivity index (χ3n) is 3.42. The van der Waals surface area contributed by atoms with E-state index in [0.29, 0.717) is 12.6 Å². The van der Waals surface area contributed by atoms with E-state index in [1.807, 2.05) is 24.3 Å².